The molecule has 37 heavy (non-hydrogen) atoms. The third-order valence-corrected chi connectivity index (χ3v) is 6.90. The Morgan fingerprint density at radius 2 is 1.92 bits per heavy atom. The van der Waals surface area contributed by atoms with Gasteiger partial charge in [-0.15, -0.1) is 0 Å². The molecule has 4 heterocycles. The van der Waals surface area contributed by atoms with Crippen molar-refractivity contribution in [1.82, 2.24) is 9.97 Å². The largest absolute Gasteiger partial charge is 0.459 e. The molecule has 0 saturated carbocycles. The number of carbonyl (C=O) groups excluding carboxylic acids is 1. The summed E-state index contributed by atoms with van der Waals surface area (Å²) >= 11 is 6.05. The Hall–Kier alpha value is -3.70. The van der Waals surface area contributed by atoms with Gasteiger partial charge in [-0.25, -0.2) is 9.78 Å². The van der Waals surface area contributed by atoms with Crippen LogP contribution < -0.4 is 11.3 Å². The lowest BCUT2D eigenvalue weighted by Crippen LogP contribution is -2.41. The van der Waals surface area contributed by atoms with E-state index in [-0.39, 0.29) is 23.7 Å². The Balaban J connectivity index is 1.34. The molecule has 0 radical (unpaired) electrons. The summed E-state index contributed by atoms with van der Waals surface area (Å²) in [4.78, 5) is 31.6. The number of aromatic nitrogens is 2. The number of anilines is 1. The zero-order valence-electron chi connectivity index (χ0n) is 19.6. The molecule has 2 aromatic heterocycles. The first-order valence-electron chi connectivity index (χ1n) is 11.6. The van der Waals surface area contributed by atoms with Gasteiger partial charge < -0.3 is 29.1 Å². The van der Waals surface area contributed by atoms with Crippen LogP contribution in [0.15, 0.2) is 70.1 Å². The maximum Gasteiger partial charge on any atom is 0.338 e. The minimum Gasteiger partial charge on any atom is -0.459 e. The van der Waals surface area contributed by atoms with Crippen LogP contribution in [-0.4, -0.2) is 40.4 Å². The van der Waals surface area contributed by atoms with Gasteiger partial charge in [0.2, 0.25) is 11.5 Å². The van der Waals surface area contributed by atoms with Crippen LogP contribution in [0.5, 0.6) is 0 Å². The minimum atomic E-state index is -1.05. The normalized spacial score (nSPS) is 26.9. The van der Waals surface area contributed by atoms with Gasteiger partial charge in [0.25, 0.3) is 5.56 Å². The fourth-order valence-corrected chi connectivity index (χ4v) is 5.01. The number of esters is 1. The van der Waals surface area contributed by atoms with E-state index < -0.39 is 41.7 Å². The average molecular weight is 524 g/mol. The SMILES string of the molecule is C[C@@]12OC(c3ccc(Cl)cc3)O[C@@H]1[C@@H](COC(=O)c1ccccc1)O[C@H]2c1coc2c(=O)[nH]c(N)nc12. The molecule has 3 N–H and O–H groups in total. The quantitative estimate of drug-likeness (QED) is 0.372. The summed E-state index contributed by atoms with van der Waals surface area (Å²) in [6, 6.07) is 15.8. The van der Waals surface area contributed by atoms with Crippen molar-refractivity contribution in [1.29, 1.82) is 0 Å². The summed E-state index contributed by atoms with van der Waals surface area (Å²) in [5.41, 5.74) is 6.15. The van der Waals surface area contributed by atoms with E-state index in [1.54, 1.807) is 36.4 Å². The first-order chi connectivity index (χ1) is 17.8. The van der Waals surface area contributed by atoms with Gasteiger partial charge in [-0.05, 0) is 31.2 Å². The maximum absolute atomic E-state index is 12.6. The number of halogens is 1. The number of nitrogen functional groups attached to an aromatic ring is 1. The van der Waals surface area contributed by atoms with E-state index in [1.807, 2.05) is 25.1 Å². The van der Waals surface area contributed by atoms with Crippen molar-refractivity contribution in [3.63, 3.8) is 0 Å². The number of ether oxygens (including phenoxy) is 4. The highest BCUT2D eigenvalue weighted by atomic mass is 35.5. The van der Waals surface area contributed by atoms with Crippen molar-refractivity contribution in [3.8, 4) is 0 Å². The number of fused-ring (bicyclic) bond motifs is 2. The van der Waals surface area contributed by atoms with Crippen molar-refractivity contribution >= 4 is 34.6 Å². The van der Waals surface area contributed by atoms with Gasteiger partial charge in [-0.2, -0.15) is 0 Å². The Morgan fingerprint density at radius 1 is 1.16 bits per heavy atom. The molecule has 0 spiro atoms. The van der Waals surface area contributed by atoms with Gasteiger partial charge in [0.15, 0.2) is 6.29 Å². The molecule has 2 fully saturated rings. The van der Waals surface area contributed by atoms with Gasteiger partial charge >= 0.3 is 5.97 Å². The lowest BCUT2D eigenvalue weighted by molar-refractivity contribution is -0.157. The van der Waals surface area contributed by atoms with Gasteiger partial charge in [0, 0.05) is 16.1 Å². The zero-order valence-corrected chi connectivity index (χ0v) is 20.3. The number of nitrogens with zero attached hydrogens (tertiary/aromatic N) is 1. The van der Waals surface area contributed by atoms with Gasteiger partial charge in [-0.1, -0.05) is 41.9 Å². The fraction of sp³-hybridized carbons (Fsp3) is 0.269. The molecule has 11 heteroatoms. The second kappa shape index (κ2) is 9.00. The number of nitrogens with two attached hydrogens (primary N) is 1. The van der Waals surface area contributed by atoms with Crippen LogP contribution in [0.25, 0.3) is 11.1 Å². The molecule has 0 aliphatic carbocycles. The van der Waals surface area contributed by atoms with E-state index in [0.717, 1.165) is 5.56 Å². The number of aromatic amines is 1. The van der Waals surface area contributed by atoms with Crippen LogP contribution in [0.1, 0.15) is 40.8 Å². The summed E-state index contributed by atoms with van der Waals surface area (Å²) in [5, 5.41) is 0.582. The molecule has 4 aromatic rings. The van der Waals surface area contributed by atoms with Crippen molar-refractivity contribution < 1.29 is 28.2 Å². The van der Waals surface area contributed by atoms with E-state index in [2.05, 4.69) is 9.97 Å². The van der Waals surface area contributed by atoms with E-state index in [1.165, 1.54) is 6.26 Å². The summed E-state index contributed by atoms with van der Waals surface area (Å²) < 4.78 is 30.2. The predicted molar refractivity (Wildman–Crippen MR) is 132 cm³/mol. The summed E-state index contributed by atoms with van der Waals surface area (Å²) in [5.74, 6) is -0.548. The maximum atomic E-state index is 12.6. The predicted octanol–water partition coefficient (Wildman–Crippen LogP) is 3.92. The van der Waals surface area contributed by atoms with Gasteiger partial charge in [-0.3, -0.25) is 9.78 Å². The molecule has 10 nitrogen and oxygen atoms in total. The number of hydrogen-bond donors (Lipinski definition) is 2. The summed E-state index contributed by atoms with van der Waals surface area (Å²) in [6.07, 6.45) is -1.43. The van der Waals surface area contributed by atoms with E-state index in [0.29, 0.717) is 16.1 Å². The van der Waals surface area contributed by atoms with Gasteiger partial charge in [0.05, 0.1) is 11.8 Å². The Kier molecular flexibility index (Phi) is 5.76. The molecular weight excluding hydrogens is 502 g/mol. The van der Waals surface area contributed by atoms with E-state index in [9.17, 15) is 9.59 Å². The standard InChI is InChI=1S/C26H22ClN3O7/c1-26-20(16-11-33-19-18(16)29-25(28)30-22(19)31)35-17(12-34-23(32)13-5-3-2-4-6-13)21(26)36-24(37-26)14-7-9-15(27)10-8-14/h2-11,17,20-21,24H,12H2,1H3,(H3,28,29,30,31)/t17-,20+,21-,24?,26+/m1/s1. The van der Waals surface area contributed by atoms with E-state index in [4.69, 9.17) is 40.7 Å². The Morgan fingerprint density at radius 3 is 2.68 bits per heavy atom. The molecule has 190 valence electrons. The molecule has 0 bridgehead atoms. The third-order valence-electron chi connectivity index (χ3n) is 6.65. The van der Waals surface area contributed by atoms with E-state index >= 15 is 0 Å². The smallest absolute Gasteiger partial charge is 0.338 e. The minimum absolute atomic E-state index is 0.0140. The van der Waals surface area contributed by atoms with Crippen LogP contribution in [-0.2, 0) is 18.9 Å². The van der Waals surface area contributed by atoms with Crippen LogP contribution >= 0.6 is 11.6 Å². The van der Waals surface area contributed by atoms with Gasteiger partial charge in [0.1, 0.15) is 36.0 Å². The highest BCUT2D eigenvalue weighted by Crippen LogP contribution is 2.54. The second-order valence-electron chi connectivity index (χ2n) is 9.08. The molecular formula is C26H22ClN3O7. The fourth-order valence-electron chi connectivity index (χ4n) is 4.88. The molecule has 0 amide bonds. The number of benzene rings is 2. The number of hydrogen-bond acceptors (Lipinski definition) is 9. The highest BCUT2D eigenvalue weighted by molar-refractivity contribution is 6.30. The number of nitrogens with one attached hydrogen (secondary N) is 1. The molecule has 2 aromatic carbocycles. The zero-order chi connectivity index (χ0) is 25.7. The molecule has 2 saturated heterocycles. The third kappa shape index (κ3) is 4.08. The number of H-pyrrole nitrogens is 1. The lowest BCUT2D eigenvalue weighted by atomic mass is 9.89. The summed E-state index contributed by atoms with van der Waals surface area (Å²) in [7, 11) is 0. The molecule has 2 aliphatic rings. The monoisotopic (exact) mass is 523 g/mol. The van der Waals surface area contributed by atoms with Crippen LogP contribution in [0.2, 0.25) is 5.02 Å². The molecule has 2 aliphatic heterocycles. The summed E-state index contributed by atoms with van der Waals surface area (Å²) in [6.45, 7) is 1.75. The van der Waals surface area contributed by atoms with Crippen molar-refractivity contribution in [2.75, 3.05) is 12.3 Å². The first kappa shape index (κ1) is 23.7. The number of furan rings is 1. The number of carbonyl (C=O) groups is 1. The van der Waals surface area contributed by atoms with Crippen molar-refractivity contribution in [3.05, 3.63) is 92.9 Å². The molecule has 5 atom stereocenters. The number of rotatable bonds is 5. The lowest BCUT2D eigenvalue weighted by Gasteiger charge is -2.27. The molecule has 6 rings (SSSR count). The second-order valence-corrected chi connectivity index (χ2v) is 9.52. The Bertz CT molecular complexity index is 1520. The average Bonchev–Trinajstić information content (AvgIpc) is 3.53. The Labute approximate surface area is 215 Å². The topological polar surface area (TPSA) is 139 Å². The van der Waals surface area contributed by atoms with Crippen molar-refractivity contribution in [2.45, 2.75) is 37.1 Å². The highest BCUT2D eigenvalue weighted by Gasteiger charge is 2.62. The van der Waals surface area contributed by atoms with Crippen LogP contribution in [0.3, 0.4) is 0 Å². The van der Waals surface area contributed by atoms with Crippen LogP contribution in [0.4, 0.5) is 5.95 Å². The molecule has 1 unspecified atom stereocenters. The van der Waals surface area contributed by atoms with Crippen LogP contribution in [0, 0.1) is 0 Å². The van der Waals surface area contributed by atoms with Crippen molar-refractivity contribution in [2.24, 2.45) is 0 Å². The first-order valence-corrected chi connectivity index (χ1v) is 11.9.